The lowest BCUT2D eigenvalue weighted by Crippen LogP contribution is -2.00. The molecule has 2 aromatic carbocycles. The van der Waals surface area contributed by atoms with Gasteiger partial charge in [0.15, 0.2) is 0 Å². The predicted molar refractivity (Wildman–Crippen MR) is 77.9 cm³/mol. The molecule has 94 valence electrons. The lowest BCUT2D eigenvalue weighted by Gasteiger charge is -2.12. The van der Waals surface area contributed by atoms with Crippen LogP contribution in [-0.4, -0.2) is 0 Å². The number of hydrogen-bond donors (Lipinski definition) is 2. The Kier molecular flexibility index (Phi) is 3.70. The highest BCUT2D eigenvalue weighted by molar-refractivity contribution is 14.1. The summed E-state index contributed by atoms with van der Waals surface area (Å²) >= 11 is 2.02. The minimum absolute atomic E-state index is 0.298. The average molecular weight is 360 g/mol. The van der Waals surface area contributed by atoms with Crippen LogP contribution in [0, 0.1) is 22.1 Å². The van der Waals surface area contributed by atoms with E-state index in [2.05, 4.69) is 5.32 Å². The van der Waals surface area contributed by atoms with Crippen LogP contribution in [0.15, 0.2) is 30.3 Å². The van der Waals surface area contributed by atoms with Crippen LogP contribution in [0.5, 0.6) is 0 Å². The molecule has 0 fully saturated rings. The molecule has 2 nitrogen and oxygen atoms in total. The van der Waals surface area contributed by atoms with Crippen molar-refractivity contribution in [3.05, 3.63) is 51.1 Å². The summed E-state index contributed by atoms with van der Waals surface area (Å²) in [5.41, 5.74) is 7.90. The van der Waals surface area contributed by atoms with Gasteiger partial charge in [0.05, 0.1) is 17.1 Å². The third-order valence-electron chi connectivity index (χ3n) is 2.53. The first-order chi connectivity index (χ1) is 8.47. The first-order valence-electron chi connectivity index (χ1n) is 5.25. The van der Waals surface area contributed by atoms with Crippen LogP contribution in [0.4, 0.5) is 25.8 Å². The SMILES string of the molecule is Cc1cc(Nc2ccc(F)cc2I)c(N)cc1F. The largest absolute Gasteiger partial charge is 0.397 e. The van der Waals surface area contributed by atoms with E-state index in [1.54, 1.807) is 19.1 Å². The van der Waals surface area contributed by atoms with Gasteiger partial charge in [0.2, 0.25) is 0 Å². The molecule has 0 amide bonds. The topological polar surface area (TPSA) is 38.0 Å². The molecule has 0 heterocycles. The highest BCUT2D eigenvalue weighted by atomic mass is 127. The van der Waals surface area contributed by atoms with E-state index in [-0.39, 0.29) is 11.6 Å². The molecule has 3 N–H and O–H groups in total. The number of benzene rings is 2. The lowest BCUT2D eigenvalue weighted by atomic mass is 10.1. The van der Waals surface area contributed by atoms with E-state index in [0.717, 1.165) is 9.26 Å². The molecule has 5 heteroatoms. The summed E-state index contributed by atoms with van der Waals surface area (Å²) in [7, 11) is 0. The van der Waals surface area contributed by atoms with Crippen molar-refractivity contribution in [3.63, 3.8) is 0 Å². The van der Waals surface area contributed by atoms with Crippen LogP contribution in [0.25, 0.3) is 0 Å². The van der Waals surface area contributed by atoms with Gasteiger partial charge in [0.1, 0.15) is 11.6 Å². The second-order valence-corrected chi connectivity index (χ2v) is 5.10. The Labute approximate surface area is 117 Å². The van der Waals surface area contributed by atoms with Crippen LogP contribution >= 0.6 is 22.6 Å². The maximum absolute atomic E-state index is 13.3. The van der Waals surface area contributed by atoms with Crippen molar-refractivity contribution >= 4 is 39.7 Å². The third kappa shape index (κ3) is 2.72. The van der Waals surface area contributed by atoms with Gasteiger partial charge in [-0.3, -0.25) is 0 Å². The fourth-order valence-corrected chi connectivity index (χ4v) is 2.15. The summed E-state index contributed by atoms with van der Waals surface area (Å²) in [6.07, 6.45) is 0. The summed E-state index contributed by atoms with van der Waals surface area (Å²) in [5, 5.41) is 3.07. The molecule has 2 aromatic rings. The van der Waals surface area contributed by atoms with Gasteiger partial charge in [-0.25, -0.2) is 8.78 Å². The summed E-state index contributed by atoms with van der Waals surface area (Å²) < 4.78 is 27.0. The number of rotatable bonds is 2. The zero-order valence-electron chi connectivity index (χ0n) is 9.60. The first kappa shape index (κ1) is 13.1. The number of hydrogen-bond acceptors (Lipinski definition) is 2. The van der Waals surface area contributed by atoms with Crippen molar-refractivity contribution in [2.75, 3.05) is 11.1 Å². The number of halogens is 3. The van der Waals surface area contributed by atoms with Gasteiger partial charge in [0.25, 0.3) is 0 Å². The number of aryl methyl sites for hydroxylation is 1. The van der Waals surface area contributed by atoms with Crippen molar-refractivity contribution in [1.29, 1.82) is 0 Å². The monoisotopic (exact) mass is 360 g/mol. The standard InChI is InChI=1S/C13H11F2IN2/c1-7-4-13(11(17)6-9(7)15)18-12-3-2-8(14)5-10(12)16/h2-6,18H,17H2,1H3. The normalized spacial score (nSPS) is 10.4. The fourth-order valence-electron chi connectivity index (χ4n) is 1.54. The van der Waals surface area contributed by atoms with E-state index in [1.807, 2.05) is 22.6 Å². The Morgan fingerprint density at radius 2 is 1.83 bits per heavy atom. The highest BCUT2D eigenvalue weighted by Crippen LogP contribution is 2.28. The van der Waals surface area contributed by atoms with Gasteiger partial charge in [0, 0.05) is 3.57 Å². The summed E-state index contributed by atoms with van der Waals surface area (Å²) in [6, 6.07) is 7.29. The van der Waals surface area contributed by atoms with Gasteiger partial charge < -0.3 is 11.1 Å². The molecule has 0 aliphatic heterocycles. The molecule has 0 atom stereocenters. The van der Waals surface area contributed by atoms with Crippen molar-refractivity contribution < 1.29 is 8.78 Å². The van der Waals surface area contributed by atoms with Crippen LogP contribution in [-0.2, 0) is 0 Å². The maximum atomic E-state index is 13.3. The summed E-state index contributed by atoms with van der Waals surface area (Å²) in [6.45, 7) is 1.66. The summed E-state index contributed by atoms with van der Waals surface area (Å²) in [5.74, 6) is -0.639. The van der Waals surface area contributed by atoms with Crippen molar-refractivity contribution in [2.45, 2.75) is 6.92 Å². The molecule has 0 saturated heterocycles. The molecule has 18 heavy (non-hydrogen) atoms. The summed E-state index contributed by atoms with van der Waals surface area (Å²) in [4.78, 5) is 0. The van der Waals surface area contributed by atoms with Gasteiger partial charge in [-0.05, 0) is 65.4 Å². The highest BCUT2D eigenvalue weighted by Gasteiger charge is 2.07. The number of nitrogen functional groups attached to an aromatic ring is 1. The minimum atomic E-state index is -0.341. The van der Waals surface area contributed by atoms with E-state index in [0.29, 0.717) is 16.9 Å². The Hall–Kier alpha value is -1.37. The lowest BCUT2D eigenvalue weighted by molar-refractivity contribution is 0.619. The van der Waals surface area contributed by atoms with Gasteiger partial charge >= 0.3 is 0 Å². The van der Waals surface area contributed by atoms with E-state index in [1.165, 1.54) is 18.2 Å². The van der Waals surface area contributed by atoms with Gasteiger partial charge in [-0.15, -0.1) is 0 Å². The zero-order chi connectivity index (χ0) is 13.3. The zero-order valence-corrected chi connectivity index (χ0v) is 11.8. The average Bonchev–Trinajstić information content (AvgIpc) is 2.29. The van der Waals surface area contributed by atoms with Crippen LogP contribution in [0.1, 0.15) is 5.56 Å². The molecule has 0 spiro atoms. The van der Waals surface area contributed by atoms with E-state index in [9.17, 15) is 8.78 Å². The van der Waals surface area contributed by atoms with E-state index in [4.69, 9.17) is 5.73 Å². The number of nitrogens with one attached hydrogen (secondary N) is 1. The van der Waals surface area contributed by atoms with Crippen molar-refractivity contribution in [3.8, 4) is 0 Å². The Morgan fingerprint density at radius 1 is 1.11 bits per heavy atom. The van der Waals surface area contributed by atoms with E-state index < -0.39 is 0 Å². The molecular formula is C13H11F2IN2. The molecule has 0 aliphatic rings. The Balaban J connectivity index is 2.37. The van der Waals surface area contributed by atoms with Gasteiger partial charge in [-0.2, -0.15) is 0 Å². The molecule has 2 rings (SSSR count). The van der Waals surface area contributed by atoms with Crippen LogP contribution < -0.4 is 11.1 Å². The smallest absolute Gasteiger partial charge is 0.128 e. The molecule has 0 saturated carbocycles. The molecule has 0 aromatic heterocycles. The third-order valence-corrected chi connectivity index (χ3v) is 3.42. The first-order valence-corrected chi connectivity index (χ1v) is 6.33. The second kappa shape index (κ2) is 5.09. The quantitative estimate of drug-likeness (QED) is 0.622. The van der Waals surface area contributed by atoms with Crippen LogP contribution in [0.2, 0.25) is 0 Å². The van der Waals surface area contributed by atoms with Crippen molar-refractivity contribution in [2.24, 2.45) is 0 Å². The predicted octanol–water partition coefficient (Wildman–Crippen LogP) is 4.20. The fraction of sp³-hybridized carbons (Fsp3) is 0.0769. The van der Waals surface area contributed by atoms with E-state index >= 15 is 0 Å². The Morgan fingerprint density at radius 3 is 2.50 bits per heavy atom. The Bertz CT molecular complexity index is 600. The van der Waals surface area contributed by atoms with Gasteiger partial charge in [-0.1, -0.05) is 0 Å². The molecule has 0 unspecified atom stereocenters. The maximum Gasteiger partial charge on any atom is 0.128 e. The minimum Gasteiger partial charge on any atom is -0.397 e. The number of anilines is 3. The van der Waals surface area contributed by atoms with Crippen molar-refractivity contribution in [1.82, 2.24) is 0 Å². The second-order valence-electron chi connectivity index (χ2n) is 3.94. The molecule has 0 bridgehead atoms. The number of nitrogens with two attached hydrogens (primary N) is 1. The molecule has 0 radical (unpaired) electrons. The van der Waals surface area contributed by atoms with Crippen LogP contribution in [0.3, 0.4) is 0 Å². The molecule has 0 aliphatic carbocycles. The molecular weight excluding hydrogens is 349 g/mol.